The van der Waals surface area contributed by atoms with E-state index in [1.54, 1.807) is 0 Å². The number of allylic oxidation sites excluding steroid dienone is 1. The summed E-state index contributed by atoms with van der Waals surface area (Å²) in [6.45, 7) is 2.08. The van der Waals surface area contributed by atoms with Crippen LogP contribution in [0.5, 0.6) is 0 Å². The van der Waals surface area contributed by atoms with Gasteiger partial charge in [0.25, 0.3) is 0 Å². The fraction of sp³-hybridized carbons (Fsp3) is 0.200. The van der Waals surface area contributed by atoms with Gasteiger partial charge in [-0.3, -0.25) is 0 Å². The third kappa shape index (κ3) is 2.77. The van der Waals surface area contributed by atoms with Crippen molar-refractivity contribution in [2.45, 2.75) is 6.92 Å². The Bertz CT molecular complexity index is 234. The van der Waals surface area contributed by atoms with E-state index in [2.05, 4.69) is 31.2 Å². The Balaban J connectivity index is 2.73. The molecule has 0 aliphatic rings. The molecule has 0 heterocycles. The molecule has 0 aliphatic heterocycles. The molecule has 1 heteroatoms. The van der Waals surface area contributed by atoms with Gasteiger partial charge in [0.15, 0.2) is 0 Å². The standard InChI is InChI=1S/C10H11Cl/c1-9-4-6-10(7-5-9)3-2-8-11/h2-7H,8H2,1H3/b3-2+. The maximum absolute atomic E-state index is 5.50. The van der Waals surface area contributed by atoms with Crippen LogP contribution in [-0.4, -0.2) is 5.88 Å². The van der Waals surface area contributed by atoms with Gasteiger partial charge in [-0.1, -0.05) is 42.0 Å². The number of rotatable bonds is 2. The molecule has 0 N–H and O–H groups in total. The molecule has 0 amide bonds. The molecule has 0 atom stereocenters. The minimum atomic E-state index is 0.577. The Labute approximate surface area is 72.5 Å². The molecule has 0 aliphatic carbocycles. The molecule has 1 aromatic carbocycles. The van der Waals surface area contributed by atoms with Crippen molar-refractivity contribution in [1.29, 1.82) is 0 Å². The SMILES string of the molecule is Cc1ccc(/C=C/CCl)cc1. The second-order valence-electron chi connectivity index (χ2n) is 2.47. The first-order valence-electron chi connectivity index (χ1n) is 3.62. The van der Waals surface area contributed by atoms with E-state index in [1.165, 1.54) is 11.1 Å². The molecule has 1 aromatic rings. The van der Waals surface area contributed by atoms with E-state index in [9.17, 15) is 0 Å². The second kappa shape index (κ2) is 4.20. The Morgan fingerprint density at radius 3 is 2.45 bits per heavy atom. The molecular formula is C10H11Cl. The van der Waals surface area contributed by atoms with Crippen LogP contribution in [0, 0.1) is 6.92 Å². The van der Waals surface area contributed by atoms with Crippen molar-refractivity contribution in [3.05, 3.63) is 41.5 Å². The maximum Gasteiger partial charge on any atom is 0.0407 e. The van der Waals surface area contributed by atoms with Crippen molar-refractivity contribution in [3.63, 3.8) is 0 Å². The highest BCUT2D eigenvalue weighted by atomic mass is 35.5. The van der Waals surface area contributed by atoms with Gasteiger partial charge in [-0.15, -0.1) is 11.6 Å². The summed E-state index contributed by atoms with van der Waals surface area (Å²) in [5.41, 5.74) is 2.49. The summed E-state index contributed by atoms with van der Waals surface area (Å²) in [6, 6.07) is 8.35. The van der Waals surface area contributed by atoms with E-state index in [1.807, 2.05) is 12.2 Å². The predicted octanol–water partition coefficient (Wildman–Crippen LogP) is 3.25. The topological polar surface area (TPSA) is 0 Å². The smallest absolute Gasteiger partial charge is 0.0407 e. The van der Waals surface area contributed by atoms with Gasteiger partial charge in [0.2, 0.25) is 0 Å². The number of hydrogen-bond donors (Lipinski definition) is 0. The predicted molar refractivity (Wildman–Crippen MR) is 50.9 cm³/mol. The summed E-state index contributed by atoms with van der Waals surface area (Å²) in [5, 5.41) is 0. The number of benzene rings is 1. The minimum absolute atomic E-state index is 0.577. The van der Waals surface area contributed by atoms with Gasteiger partial charge in [-0.2, -0.15) is 0 Å². The Morgan fingerprint density at radius 2 is 1.91 bits per heavy atom. The van der Waals surface area contributed by atoms with Gasteiger partial charge >= 0.3 is 0 Å². The molecule has 0 bridgehead atoms. The van der Waals surface area contributed by atoms with E-state index < -0.39 is 0 Å². The van der Waals surface area contributed by atoms with Crippen LogP contribution in [0.2, 0.25) is 0 Å². The second-order valence-corrected chi connectivity index (χ2v) is 2.78. The molecule has 0 saturated heterocycles. The van der Waals surface area contributed by atoms with Crippen molar-refractivity contribution in [2.75, 3.05) is 5.88 Å². The van der Waals surface area contributed by atoms with Crippen molar-refractivity contribution >= 4 is 17.7 Å². The van der Waals surface area contributed by atoms with E-state index in [-0.39, 0.29) is 0 Å². The van der Waals surface area contributed by atoms with Crippen LogP contribution in [-0.2, 0) is 0 Å². The normalized spacial score (nSPS) is 10.7. The first-order chi connectivity index (χ1) is 5.33. The summed E-state index contributed by atoms with van der Waals surface area (Å²) in [4.78, 5) is 0. The van der Waals surface area contributed by atoms with E-state index in [4.69, 9.17) is 11.6 Å². The van der Waals surface area contributed by atoms with Gasteiger partial charge in [0.1, 0.15) is 0 Å². The fourth-order valence-electron chi connectivity index (χ4n) is 0.858. The third-order valence-electron chi connectivity index (χ3n) is 1.48. The molecule has 11 heavy (non-hydrogen) atoms. The van der Waals surface area contributed by atoms with Crippen molar-refractivity contribution < 1.29 is 0 Å². The van der Waals surface area contributed by atoms with Crippen LogP contribution in [0.25, 0.3) is 6.08 Å². The van der Waals surface area contributed by atoms with Crippen molar-refractivity contribution in [1.82, 2.24) is 0 Å². The van der Waals surface area contributed by atoms with E-state index in [0.717, 1.165) is 0 Å². The van der Waals surface area contributed by atoms with Crippen LogP contribution in [0.15, 0.2) is 30.3 Å². The lowest BCUT2D eigenvalue weighted by Crippen LogP contribution is -1.73. The van der Waals surface area contributed by atoms with E-state index in [0.29, 0.717) is 5.88 Å². The van der Waals surface area contributed by atoms with Gasteiger partial charge < -0.3 is 0 Å². The van der Waals surface area contributed by atoms with Gasteiger partial charge in [0, 0.05) is 5.88 Å². The molecule has 0 unspecified atom stereocenters. The summed E-state index contributed by atoms with van der Waals surface area (Å²) in [6.07, 6.45) is 3.96. The molecule has 0 aromatic heterocycles. The molecule has 58 valence electrons. The average Bonchev–Trinajstić information content (AvgIpc) is 2.04. The molecule has 0 spiro atoms. The van der Waals surface area contributed by atoms with Crippen LogP contribution in [0.4, 0.5) is 0 Å². The van der Waals surface area contributed by atoms with Gasteiger partial charge in [0.05, 0.1) is 0 Å². The zero-order valence-electron chi connectivity index (χ0n) is 6.55. The highest BCUT2D eigenvalue weighted by Gasteiger charge is 1.84. The monoisotopic (exact) mass is 166 g/mol. The summed E-state index contributed by atoms with van der Waals surface area (Å²) in [5.74, 6) is 0.577. The lowest BCUT2D eigenvalue weighted by Gasteiger charge is -1.92. The van der Waals surface area contributed by atoms with Gasteiger partial charge in [-0.05, 0) is 12.5 Å². The molecular weight excluding hydrogens is 156 g/mol. The summed E-state index contributed by atoms with van der Waals surface area (Å²) < 4.78 is 0. The van der Waals surface area contributed by atoms with Crippen molar-refractivity contribution in [2.24, 2.45) is 0 Å². The first-order valence-corrected chi connectivity index (χ1v) is 4.15. The molecule has 0 saturated carbocycles. The minimum Gasteiger partial charge on any atom is -0.122 e. The Kier molecular flexibility index (Phi) is 3.18. The maximum atomic E-state index is 5.50. The number of halogens is 1. The zero-order chi connectivity index (χ0) is 8.10. The first kappa shape index (κ1) is 8.35. The van der Waals surface area contributed by atoms with Crippen LogP contribution in [0.1, 0.15) is 11.1 Å². The molecule has 0 nitrogen and oxygen atoms in total. The van der Waals surface area contributed by atoms with Gasteiger partial charge in [-0.25, -0.2) is 0 Å². The highest BCUT2D eigenvalue weighted by Crippen LogP contribution is 2.04. The van der Waals surface area contributed by atoms with Crippen molar-refractivity contribution in [3.8, 4) is 0 Å². The largest absolute Gasteiger partial charge is 0.122 e. The Morgan fingerprint density at radius 1 is 1.27 bits per heavy atom. The number of alkyl halides is 1. The van der Waals surface area contributed by atoms with Crippen LogP contribution >= 0.6 is 11.6 Å². The lowest BCUT2D eigenvalue weighted by molar-refractivity contribution is 1.46. The summed E-state index contributed by atoms with van der Waals surface area (Å²) >= 11 is 5.50. The average molecular weight is 167 g/mol. The zero-order valence-corrected chi connectivity index (χ0v) is 7.31. The third-order valence-corrected chi connectivity index (χ3v) is 1.65. The summed E-state index contributed by atoms with van der Waals surface area (Å²) in [7, 11) is 0. The number of aryl methyl sites for hydroxylation is 1. The Hall–Kier alpha value is -0.750. The molecule has 0 radical (unpaired) electrons. The highest BCUT2D eigenvalue weighted by molar-refractivity contribution is 6.19. The molecule has 0 fully saturated rings. The quantitative estimate of drug-likeness (QED) is 0.592. The van der Waals surface area contributed by atoms with Crippen LogP contribution in [0.3, 0.4) is 0 Å². The lowest BCUT2D eigenvalue weighted by atomic mass is 10.1. The van der Waals surface area contributed by atoms with Crippen LogP contribution < -0.4 is 0 Å². The fourth-order valence-corrected chi connectivity index (χ4v) is 0.947. The molecule has 1 rings (SSSR count). The number of hydrogen-bond acceptors (Lipinski definition) is 0. The van der Waals surface area contributed by atoms with E-state index >= 15 is 0 Å².